The molecular weight excluding hydrogens is 360 g/mol. The van der Waals surface area contributed by atoms with Gasteiger partial charge < -0.3 is 10.2 Å². The van der Waals surface area contributed by atoms with E-state index in [4.69, 9.17) is 0 Å². The molecule has 1 atom stereocenters. The second kappa shape index (κ2) is 10.2. The Bertz CT molecular complexity index is 858. The van der Waals surface area contributed by atoms with E-state index in [1.54, 1.807) is 4.90 Å². The van der Waals surface area contributed by atoms with Crippen molar-refractivity contribution >= 4 is 11.8 Å². The molecule has 4 heteroatoms. The second-order valence-electron chi connectivity index (χ2n) is 8.43. The van der Waals surface area contributed by atoms with Crippen LogP contribution in [0.4, 0.5) is 0 Å². The van der Waals surface area contributed by atoms with E-state index >= 15 is 0 Å². The summed E-state index contributed by atoms with van der Waals surface area (Å²) < 4.78 is 0. The van der Waals surface area contributed by atoms with Crippen LogP contribution in [0.15, 0.2) is 42.5 Å². The fraction of sp³-hybridized carbons (Fsp3) is 0.440. The maximum atomic E-state index is 13.3. The van der Waals surface area contributed by atoms with Crippen LogP contribution in [0.5, 0.6) is 0 Å². The van der Waals surface area contributed by atoms with E-state index < -0.39 is 6.04 Å². The number of rotatable bonds is 8. The summed E-state index contributed by atoms with van der Waals surface area (Å²) in [6.45, 7) is 13.0. The van der Waals surface area contributed by atoms with Crippen LogP contribution in [0.3, 0.4) is 0 Å². The van der Waals surface area contributed by atoms with E-state index in [1.807, 2.05) is 52.0 Å². The number of carbonyl (C=O) groups excluding carboxylic acids is 2. The summed E-state index contributed by atoms with van der Waals surface area (Å²) in [5.74, 6) is 0.218. The van der Waals surface area contributed by atoms with E-state index in [9.17, 15) is 9.59 Å². The molecule has 0 radical (unpaired) electrons. The smallest absolute Gasteiger partial charge is 0.242 e. The number of carbonyl (C=O) groups is 2. The summed E-state index contributed by atoms with van der Waals surface area (Å²) in [4.78, 5) is 27.7. The molecule has 4 nitrogen and oxygen atoms in total. The summed E-state index contributed by atoms with van der Waals surface area (Å²) in [6, 6.07) is 13.7. The Kier molecular flexibility index (Phi) is 8.00. The Morgan fingerprint density at radius 3 is 2.31 bits per heavy atom. The topological polar surface area (TPSA) is 49.4 Å². The molecule has 0 aliphatic heterocycles. The van der Waals surface area contributed by atoms with E-state index in [0.29, 0.717) is 25.4 Å². The van der Waals surface area contributed by atoms with Gasteiger partial charge in [-0.1, -0.05) is 67.4 Å². The third kappa shape index (κ3) is 6.74. The first-order valence-electron chi connectivity index (χ1n) is 10.4. The average Bonchev–Trinajstić information content (AvgIpc) is 2.66. The fourth-order valence-electron chi connectivity index (χ4n) is 3.30. The molecule has 1 N–H and O–H groups in total. The minimum Gasteiger partial charge on any atom is -0.354 e. The standard InChI is InChI=1S/C25H34N2O2/c1-17(2)15-26-25(29)21(6)27(16-22-9-7-8-18(3)12-22)24(28)14-23-13-19(4)10-11-20(23)5/h7-13,17,21H,14-16H2,1-6H3,(H,26,29)/t21-/m1/s1. The van der Waals surface area contributed by atoms with Gasteiger partial charge in [0.05, 0.1) is 6.42 Å². The van der Waals surface area contributed by atoms with Crippen molar-refractivity contribution in [1.82, 2.24) is 10.2 Å². The third-order valence-electron chi connectivity index (χ3n) is 5.13. The van der Waals surface area contributed by atoms with Crippen LogP contribution in [-0.4, -0.2) is 29.3 Å². The van der Waals surface area contributed by atoms with Crippen LogP contribution in [0.1, 0.15) is 48.6 Å². The molecule has 29 heavy (non-hydrogen) atoms. The zero-order chi connectivity index (χ0) is 21.6. The maximum absolute atomic E-state index is 13.3. The van der Waals surface area contributed by atoms with Crippen molar-refractivity contribution in [3.63, 3.8) is 0 Å². The summed E-state index contributed by atoms with van der Waals surface area (Å²) in [5.41, 5.74) is 5.41. The van der Waals surface area contributed by atoms with E-state index in [0.717, 1.165) is 27.8 Å². The zero-order valence-electron chi connectivity index (χ0n) is 18.6. The number of hydrogen-bond acceptors (Lipinski definition) is 2. The summed E-state index contributed by atoms with van der Waals surface area (Å²) in [7, 11) is 0. The molecule has 0 saturated carbocycles. The van der Waals surface area contributed by atoms with Gasteiger partial charge in [-0.25, -0.2) is 0 Å². The van der Waals surface area contributed by atoms with Crippen molar-refractivity contribution in [1.29, 1.82) is 0 Å². The van der Waals surface area contributed by atoms with Crippen LogP contribution in [-0.2, 0) is 22.6 Å². The molecule has 0 bridgehead atoms. The van der Waals surface area contributed by atoms with Gasteiger partial charge in [-0.2, -0.15) is 0 Å². The van der Waals surface area contributed by atoms with Gasteiger partial charge in [0, 0.05) is 13.1 Å². The molecular formula is C25H34N2O2. The van der Waals surface area contributed by atoms with E-state index in [1.165, 1.54) is 0 Å². The minimum absolute atomic E-state index is 0.0348. The normalized spacial score (nSPS) is 12.0. The Labute approximate surface area is 175 Å². The molecule has 2 aromatic rings. The predicted octanol–water partition coefficient (Wildman–Crippen LogP) is 4.34. The van der Waals surface area contributed by atoms with E-state index in [-0.39, 0.29) is 11.8 Å². The quantitative estimate of drug-likeness (QED) is 0.724. The number of benzene rings is 2. The lowest BCUT2D eigenvalue weighted by Crippen LogP contribution is -2.48. The molecule has 0 aromatic heterocycles. The van der Waals surface area contributed by atoms with Crippen molar-refractivity contribution in [2.75, 3.05) is 6.54 Å². The Balaban J connectivity index is 2.25. The number of amides is 2. The van der Waals surface area contributed by atoms with Crippen molar-refractivity contribution in [2.24, 2.45) is 5.92 Å². The highest BCUT2D eigenvalue weighted by molar-refractivity contribution is 5.88. The van der Waals surface area contributed by atoms with Gasteiger partial charge in [-0.05, 0) is 50.3 Å². The lowest BCUT2D eigenvalue weighted by Gasteiger charge is -2.29. The number of aryl methyl sites for hydroxylation is 3. The molecule has 0 unspecified atom stereocenters. The predicted molar refractivity (Wildman–Crippen MR) is 119 cm³/mol. The van der Waals surface area contributed by atoms with Gasteiger partial charge in [0.25, 0.3) is 0 Å². The lowest BCUT2D eigenvalue weighted by molar-refractivity contribution is -0.140. The molecule has 0 aliphatic rings. The first-order chi connectivity index (χ1) is 13.7. The van der Waals surface area contributed by atoms with E-state index in [2.05, 4.69) is 37.4 Å². The van der Waals surface area contributed by atoms with Crippen LogP contribution >= 0.6 is 0 Å². The zero-order valence-corrected chi connectivity index (χ0v) is 18.6. The van der Waals surface area contributed by atoms with Crippen LogP contribution < -0.4 is 5.32 Å². The summed E-state index contributed by atoms with van der Waals surface area (Å²) >= 11 is 0. The van der Waals surface area contributed by atoms with Crippen molar-refractivity contribution in [2.45, 2.75) is 60.5 Å². The van der Waals surface area contributed by atoms with Crippen molar-refractivity contribution in [3.05, 3.63) is 70.3 Å². The number of hydrogen-bond donors (Lipinski definition) is 1. The Morgan fingerprint density at radius 1 is 0.966 bits per heavy atom. The molecule has 0 heterocycles. The first kappa shape index (κ1) is 22.7. The Hall–Kier alpha value is -2.62. The highest BCUT2D eigenvalue weighted by atomic mass is 16.2. The Morgan fingerprint density at radius 2 is 1.66 bits per heavy atom. The van der Waals surface area contributed by atoms with Gasteiger partial charge in [-0.15, -0.1) is 0 Å². The van der Waals surface area contributed by atoms with Gasteiger partial charge in [0.1, 0.15) is 6.04 Å². The van der Waals surface area contributed by atoms with Gasteiger partial charge in [-0.3, -0.25) is 9.59 Å². The first-order valence-corrected chi connectivity index (χ1v) is 10.4. The number of nitrogens with zero attached hydrogens (tertiary/aromatic N) is 1. The summed E-state index contributed by atoms with van der Waals surface area (Å²) in [6.07, 6.45) is 0.293. The average molecular weight is 395 g/mol. The SMILES string of the molecule is Cc1cccc(CN(C(=O)Cc2cc(C)ccc2C)[C@H](C)C(=O)NCC(C)C)c1. The lowest BCUT2D eigenvalue weighted by atomic mass is 10.0. The molecule has 0 fully saturated rings. The molecule has 2 aromatic carbocycles. The monoisotopic (exact) mass is 394 g/mol. The van der Waals surface area contributed by atoms with Gasteiger partial charge in [0.15, 0.2) is 0 Å². The third-order valence-corrected chi connectivity index (χ3v) is 5.13. The molecule has 2 rings (SSSR count). The minimum atomic E-state index is -0.535. The van der Waals surface area contributed by atoms with Crippen molar-refractivity contribution in [3.8, 4) is 0 Å². The van der Waals surface area contributed by atoms with Crippen LogP contribution in [0, 0.1) is 26.7 Å². The molecule has 2 amide bonds. The van der Waals surface area contributed by atoms with Gasteiger partial charge >= 0.3 is 0 Å². The molecule has 0 aliphatic carbocycles. The maximum Gasteiger partial charge on any atom is 0.242 e. The van der Waals surface area contributed by atoms with Crippen molar-refractivity contribution < 1.29 is 9.59 Å². The van der Waals surface area contributed by atoms with Gasteiger partial charge in [0.2, 0.25) is 11.8 Å². The molecule has 0 spiro atoms. The number of nitrogens with one attached hydrogen (secondary N) is 1. The highest BCUT2D eigenvalue weighted by Gasteiger charge is 2.26. The second-order valence-corrected chi connectivity index (χ2v) is 8.43. The largest absolute Gasteiger partial charge is 0.354 e. The highest BCUT2D eigenvalue weighted by Crippen LogP contribution is 2.16. The van der Waals surface area contributed by atoms with Crippen LogP contribution in [0.2, 0.25) is 0 Å². The van der Waals surface area contributed by atoms with Crippen LogP contribution in [0.25, 0.3) is 0 Å². The fourth-order valence-corrected chi connectivity index (χ4v) is 3.30. The molecule has 0 saturated heterocycles. The molecule has 156 valence electrons. The summed E-state index contributed by atoms with van der Waals surface area (Å²) in [5, 5.41) is 2.97.